The van der Waals surface area contributed by atoms with E-state index in [0.717, 1.165) is 64.0 Å². The Morgan fingerprint density at radius 2 is 1.28 bits per heavy atom. The van der Waals surface area contributed by atoms with Crippen LogP contribution in [-0.2, 0) is 17.8 Å². The van der Waals surface area contributed by atoms with Crippen molar-refractivity contribution in [2.75, 3.05) is 39.4 Å². The maximum absolute atomic E-state index is 6.18. The molecule has 25 heavy (non-hydrogen) atoms. The van der Waals surface area contributed by atoms with Crippen LogP contribution >= 0.6 is 0 Å². The van der Waals surface area contributed by atoms with Gasteiger partial charge in [-0.15, -0.1) is 0 Å². The zero-order valence-corrected chi connectivity index (χ0v) is 14.7. The Morgan fingerprint density at radius 1 is 0.720 bits per heavy atom. The van der Waals surface area contributed by atoms with Gasteiger partial charge in [-0.25, -0.2) is 0 Å². The minimum atomic E-state index is 0.877. The van der Waals surface area contributed by atoms with Gasteiger partial charge in [0.1, 0.15) is 11.5 Å². The summed E-state index contributed by atoms with van der Waals surface area (Å²) in [6.07, 6.45) is 1.19. The smallest absolute Gasteiger partial charge is 0.131 e. The second-order valence-electron chi connectivity index (χ2n) is 6.84. The van der Waals surface area contributed by atoms with Gasteiger partial charge in [-0.1, -0.05) is 36.4 Å². The molecular formula is C21H26N2O2. The summed E-state index contributed by atoms with van der Waals surface area (Å²) >= 11 is 0. The van der Waals surface area contributed by atoms with Crippen LogP contribution in [0, 0.1) is 0 Å². The SMILES string of the molecule is c1ccc2c(c1)CN(CCCN1CCOCC1)Cc1ccccc1O2. The van der Waals surface area contributed by atoms with Crippen molar-refractivity contribution in [3.63, 3.8) is 0 Å². The van der Waals surface area contributed by atoms with E-state index in [1.165, 1.54) is 17.5 Å². The van der Waals surface area contributed by atoms with E-state index < -0.39 is 0 Å². The molecule has 0 unspecified atom stereocenters. The molecule has 0 N–H and O–H groups in total. The summed E-state index contributed by atoms with van der Waals surface area (Å²) in [7, 11) is 0. The van der Waals surface area contributed by atoms with Crippen molar-refractivity contribution >= 4 is 0 Å². The van der Waals surface area contributed by atoms with Crippen LogP contribution in [0.2, 0.25) is 0 Å². The first-order valence-corrected chi connectivity index (χ1v) is 9.24. The highest BCUT2D eigenvalue weighted by molar-refractivity contribution is 5.42. The maximum Gasteiger partial charge on any atom is 0.131 e. The molecule has 2 aromatic rings. The van der Waals surface area contributed by atoms with Crippen molar-refractivity contribution in [3.8, 4) is 11.5 Å². The fourth-order valence-electron chi connectivity index (χ4n) is 3.63. The highest BCUT2D eigenvalue weighted by Crippen LogP contribution is 2.32. The molecule has 1 saturated heterocycles. The lowest BCUT2D eigenvalue weighted by molar-refractivity contribution is 0.0358. The summed E-state index contributed by atoms with van der Waals surface area (Å²) < 4.78 is 11.6. The number of nitrogens with zero attached hydrogens (tertiary/aromatic N) is 2. The molecule has 0 aromatic heterocycles. The van der Waals surface area contributed by atoms with Crippen molar-refractivity contribution in [3.05, 3.63) is 59.7 Å². The lowest BCUT2D eigenvalue weighted by Gasteiger charge is -2.30. The first kappa shape index (κ1) is 16.6. The number of morpholine rings is 1. The predicted octanol–water partition coefficient (Wildman–Crippen LogP) is 3.52. The third-order valence-corrected chi connectivity index (χ3v) is 5.01. The largest absolute Gasteiger partial charge is 0.457 e. The van der Waals surface area contributed by atoms with Crippen molar-refractivity contribution in [2.45, 2.75) is 19.5 Å². The third kappa shape index (κ3) is 4.21. The standard InChI is InChI=1S/C21H26N2O2/c1-3-8-20-18(6-1)16-23(11-5-10-22-12-14-24-15-13-22)17-19-7-2-4-9-21(19)25-20/h1-4,6-9H,5,10-17H2. The maximum atomic E-state index is 6.18. The van der Waals surface area contributed by atoms with E-state index in [1.807, 2.05) is 12.1 Å². The number of para-hydroxylation sites is 2. The lowest BCUT2D eigenvalue weighted by atomic mass is 10.1. The van der Waals surface area contributed by atoms with Gasteiger partial charge < -0.3 is 9.47 Å². The Labute approximate surface area is 150 Å². The Kier molecular flexibility index (Phi) is 5.31. The molecule has 4 nitrogen and oxygen atoms in total. The number of ether oxygens (including phenoxy) is 2. The van der Waals surface area contributed by atoms with Crippen LogP contribution in [0.15, 0.2) is 48.5 Å². The fourth-order valence-corrected chi connectivity index (χ4v) is 3.63. The van der Waals surface area contributed by atoms with Gasteiger partial charge in [-0.3, -0.25) is 9.80 Å². The van der Waals surface area contributed by atoms with Gasteiger partial charge in [0.15, 0.2) is 0 Å². The number of benzene rings is 2. The van der Waals surface area contributed by atoms with Crippen LogP contribution in [0.1, 0.15) is 17.5 Å². The normalized spacial score (nSPS) is 18.6. The summed E-state index contributed by atoms with van der Waals surface area (Å²) in [5, 5.41) is 0. The molecule has 0 aliphatic carbocycles. The van der Waals surface area contributed by atoms with Crippen LogP contribution in [-0.4, -0.2) is 49.2 Å². The van der Waals surface area contributed by atoms with Crippen LogP contribution in [0.4, 0.5) is 0 Å². The second-order valence-corrected chi connectivity index (χ2v) is 6.84. The summed E-state index contributed by atoms with van der Waals surface area (Å²) in [6.45, 7) is 8.02. The number of hydrogen-bond donors (Lipinski definition) is 0. The molecule has 4 heteroatoms. The molecule has 0 amide bonds. The summed E-state index contributed by atoms with van der Waals surface area (Å²) in [5.41, 5.74) is 2.53. The molecule has 0 bridgehead atoms. The zero-order chi connectivity index (χ0) is 16.9. The van der Waals surface area contributed by atoms with E-state index >= 15 is 0 Å². The molecule has 2 aliphatic rings. The third-order valence-electron chi connectivity index (χ3n) is 5.01. The Balaban J connectivity index is 1.46. The minimum Gasteiger partial charge on any atom is -0.457 e. The van der Waals surface area contributed by atoms with Crippen LogP contribution in [0.3, 0.4) is 0 Å². The Morgan fingerprint density at radius 3 is 1.92 bits per heavy atom. The van der Waals surface area contributed by atoms with Crippen LogP contribution < -0.4 is 4.74 Å². The quantitative estimate of drug-likeness (QED) is 0.852. The first-order chi connectivity index (χ1) is 12.4. The van der Waals surface area contributed by atoms with Gasteiger partial charge in [0.05, 0.1) is 13.2 Å². The van der Waals surface area contributed by atoms with Gasteiger partial charge >= 0.3 is 0 Å². The van der Waals surface area contributed by atoms with E-state index in [2.05, 4.69) is 46.2 Å². The molecule has 4 rings (SSSR count). The predicted molar refractivity (Wildman–Crippen MR) is 98.9 cm³/mol. The van der Waals surface area contributed by atoms with Gasteiger partial charge in [-0.2, -0.15) is 0 Å². The van der Waals surface area contributed by atoms with Gasteiger partial charge in [0, 0.05) is 43.9 Å². The number of rotatable bonds is 4. The average molecular weight is 338 g/mol. The summed E-state index contributed by atoms with van der Waals surface area (Å²) in [5.74, 6) is 1.96. The van der Waals surface area contributed by atoms with Gasteiger partial charge in [0.25, 0.3) is 0 Å². The lowest BCUT2D eigenvalue weighted by Crippen LogP contribution is -2.38. The Hall–Kier alpha value is -1.88. The second kappa shape index (κ2) is 8.00. The topological polar surface area (TPSA) is 24.9 Å². The molecule has 2 aromatic carbocycles. The van der Waals surface area contributed by atoms with E-state index in [4.69, 9.17) is 9.47 Å². The van der Waals surface area contributed by atoms with E-state index in [1.54, 1.807) is 0 Å². The van der Waals surface area contributed by atoms with Crippen molar-refractivity contribution in [1.82, 2.24) is 9.80 Å². The Bertz CT molecular complexity index is 650. The van der Waals surface area contributed by atoms with E-state index in [0.29, 0.717) is 0 Å². The highest BCUT2D eigenvalue weighted by Gasteiger charge is 2.18. The summed E-state index contributed by atoms with van der Waals surface area (Å²) in [6, 6.07) is 16.8. The van der Waals surface area contributed by atoms with Crippen molar-refractivity contribution in [1.29, 1.82) is 0 Å². The monoisotopic (exact) mass is 338 g/mol. The summed E-state index contributed by atoms with van der Waals surface area (Å²) in [4.78, 5) is 5.05. The van der Waals surface area contributed by atoms with E-state index in [9.17, 15) is 0 Å². The first-order valence-electron chi connectivity index (χ1n) is 9.24. The molecule has 2 aliphatic heterocycles. The zero-order valence-electron chi connectivity index (χ0n) is 14.7. The number of fused-ring (bicyclic) bond motifs is 2. The highest BCUT2D eigenvalue weighted by atomic mass is 16.5. The molecule has 2 heterocycles. The minimum absolute atomic E-state index is 0.877. The molecule has 132 valence electrons. The molecule has 0 radical (unpaired) electrons. The average Bonchev–Trinajstić information content (AvgIpc) is 2.64. The van der Waals surface area contributed by atoms with Gasteiger partial charge in [-0.05, 0) is 25.1 Å². The fraction of sp³-hybridized carbons (Fsp3) is 0.429. The molecule has 1 fully saturated rings. The number of hydrogen-bond acceptors (Lipinski definition) is 4. The van der Waals surface area contributed by atoms with Crippen molar-refractivity contribution < 1.29 is 9.47 Å². The van der Waals surface area contributed by atoms with Gasteiger partial charge in [0.2, 0.25) is 0 Å². The van der Waals surface area contributed by atoms with Crippen molar-refractivity contribution in [2.24, 2.45) is 0 Å². The van der Waals surface area contributed by atoms with E-state index in [-0.39, 0.29) is 0 Å². The molecule has 0 saturated carbocycles. The van der Waals surface area contributed by atoms with Crippen LogP contribution in [0.25, 0.3) is 0 Å². The van der Waals surface area contributed by atoms with Crippen LogP contribution in [0.5, 0.6) is 11.5 Å². The molecule has 0 spiro atoms. The molecule has 0 atom stereocenters. The molecular weight excluding hydrogens is 312 g/mol.